The van der Waals surface area contributed by atoms with Gasteiger partial charge >= 0.3 is 0 Å². The SMILES string of the molecule is c1ccc2cc3c(cc2c1)Cn1c-3cc2ccccc21. The van der Waals surface area contributed by atoms with E-state index in [4.69, 9.17) is 0 Å². The van der Waals surface area contributed by atoms with Gasteiger partial charge in [-0.2, -0.15) is 0 Å². The van der Waals surface area contributed by atoms with Crippen molar-refractivity contribution in [3.8, 4) is 11.3 Å². The highest BCUT2D eigenvalue weighted by Crippen LogP contribution is 2.38. The predicted molar refractivity (Wildman–Crippen MR) is 84.0 cm³/mol. The average molecular weight is 255 g/mol. The van der Waals surface area contributed by atoms with Crippen molar-refractivity contribution in [3.05, 3.63) is 72.3 Å². The van der Waals surface area contributed by atoms with Gasteiger partial charge in [-0.1, -0.05) is 42.5 Å². The van der Waals surface area contributed by atoms with Crippen molar-refractivity contribution in [3.63, 3.8) is 0 Å². The first-order valence-electron chi connectivity index (χ1n) is 7.00. The van der Waals surface area contributed by atoms with E-state index in [0.717, 1.165) is 6.54 Å². The quantitative estimate of drug-likeness (QED) is 0.374. The topological polar surface area (TPSA) is 4.93 Å². The molecule has 1 heteroatoms. The molecule has 0 atom stereocenters. The highest BCUT2D eigenvalue weighted by atomic mass is 15.0. The van der Waals surface area contributed by atoms with Gasteiger partial charge in [0, 0.05) is 28.7 Å². The van der Waals surface area contributed by atoms with E-state index < -0.39 is 0 Å². The molecule has 2 heterocycles. The molecule has 3 aromatic carbocycles. The fourth-order valence-corrected chi connectivity index (χ4v) is 3.43. The number of rotatable bonds is 0. The summed E-state index contributed by atoms with van der Waals surface area (Å²) < 4.78 is 2.43. The second-order valence-corrected chi connectivity index (χ2v) is 5.53. The fourth-order valence-electron chi connectivity index (χ4n) is 3.43. The lowest BCUT2D eigenvalue weighted by Gasteiger charge is -2.03. The molecule has 1 aliphatic heterocycles. The van der Waals surface area contributed by atoms with Crippen LogP contribution in [0.1, 0.15) is 5.56 Å². The molecule has 0 aliphatic carbocycles. The molecule has 0 amide bonds. The van der Waals surface area contributed by atoms with Crippen molar-refractivity contribution in [1.82, 2.24) is 4.57 Å². The van der Waals surface area contributed by atoms with Crippen LogP contribution in [0.15, 0.2) is 66.7 Å². The molecule has 0 N–H and O–H groups in total. The molecule has 0 saturated carbocycles. The van der Waals surface area contributed by atoms with Crippen molar-refractivity contribution >= 4 is 21.7 Å². The second kappa shape index (κ2) is 3.51. The van der Waals surface area contributed by atoms with Crippen LogP contribution in [0.4, 0.5) is 0 Å². The molecule has 0 spiro atoms. The van der Waals surface area contributed by atoms with E-state index in [1.165, 1.54) is 38.5 Å². The third-order valence-corrected chi connectivity index (χ3v) is 4.39. The molecule has 20 heavy (non-hydrogen) atoms. The summed E-state index contributed by atoms with van der Waals surface area (Å²) in [6.45, 7) is 0.989. The predicted octanol–water partition coefficient (Wildman–Crippen LogP) is 4.82. The van der Waals surface area contributed by atoms with Gasteiger partial charge in [-0.05, 0) is 40.6 Å². The minimum atomic E-state index is 0.989. The number of fused-ring (bicyclic) bond motifs is 6. The van der Waals surface area contributed by atoms with Crippen molar-refractivity contribution in [1.29, 1.82) is 0 Å². The van der Waals surface area contributed by atoms with Gasteiger partial charge in [0.2, 0.25) is 0 Å². The van der Waals surface area contributed by atoms with E-state index in [1.54, 1.807) is 0 Å². The van der Waals surface area contributed by atoms with Crippen LogP contribution in [0.3, 0.4) is 0 Å². The highest BCUT2D eigenvalue weighted by molar-refractivity contribution is 5.94. The Balaban J connectivity index is 1.87. The third-order valence-electron chi connectivity index (χ3n) is 4.39. The molecule has 0 radical (unpaired) electrons. The largest absolute Gasteiger partial charge is 0.336 e. The Morgan fingerprint density at radius 1 is 0.700 bits per heavy atom. The number of benzene rings is 3. The Kier molecular flexibility index (Phi) is 1.80. The second-order valence-electron chi connectivity index (χ2n) is 5.53. The van der Waals surface area contributed by atoms with E-state index in [0.29, 0.717) is 0 Å². The Hall–Kier alpha value is -2.54. The maximum Gasteiger partial charge on any atom is 0.0498 e. The summed E-state index contributed by atoms with van der Waals surface area (Å²) in [5.41, 5.74) is 5.51. The maximum atomic E-state index is 2.43. The zero-order chi connectivity index (χ0) is 13.1. The zero-order valence-electron chi connectivity index (χ0n) is 11.0. The Bertz CT molecular complexity index is 976. The van der Waals surface area contributed by atoms with Crippen molar-refractivity contribution in [2.45, 2.75) is 6.54 Å². The summed E-state index contributed by atoms with van der Waals surface area (Å²) in [5, 5.41) is 3.99. The Labute approximate surface area is 117 Å². The monoisotopic (exact) mass is 255 g/mol. The van der Waals surface area contributed by atoms with Crippen LogP contribution in [-0.4, -0.2) is 4.57 Å². The van der Waals surface area contributed by atoms with E-state index in [2.05, 4.69) is 71.3 Å². The molecule has 0 saturated heterocycles. The Morgan fingerprint density at radius 3 is 2.25 bits per heavy atom. The summed E-state index contributed by atoms with van der Waals surface area (Å²) in [5.74, 6) is 0. The summed E-state index contributed by atoms with van der Waals surface area (Å²) in [7, 11) is 0. The third kappa shape index (κ3) is 1.22. The first kappa shape index (κ1) is 10.3. The lowest BCUT2D eigenvalue weighted by Crippen LogP contribution is -1.91. The summed E-state index contributed by atoms with van der Waals surface area (Å²) in [4.78, 5) is 0. The van der Waals surface area contributed by atoms with Gasteiger partial charge in [0.1, 0.15) is 0 Å². The van der Waals surface area contributed by atoms with Gasteiger partial charge in [0.25, 0.3) is 0 Å². The smallest absolute Gasteiger partial charge is 0.0498 e. The number of para-hydroxylation sites is 1. The fraction of sp³-hybridized carbons (Fsp3) is 0.0526. The van der Waals surface area contributed by atoms with Gasteiger partial charge in [-0.3, -0.25) is 0 Å². The normalized spacial score (nSPS) is 12.8. The molecule has 1 aromatic heterocycles. The van der Waals surface area contributed by atoms with Crippen LogP contribution in [0.5, 0.6) is 0 Å². The van der Waals surface area contributed by atoms with Crippen LogP contribution in [0.25, 0.3) is 32.9 Å². The molecule has 94 valence electrons. The van der Waals surface area contributed by atoms with Crippen LogP contribution in [0, 0.1) is 0 Å². The first-order valence-corrected chi connectivity index (χ1v) is 7.00. The standard InChI is InChI=1S/C19H13N/c1-2-6-14-10-17-16(9-13(14)5-1)12-20-18-8-4-3-7-15(18)11-19(17)20/h1-11H,12H2. The number of aromatic nitrogens is 1. The maximum absolute atomic E-state index is 2.43. The zero-order valence-corrected chi connectivity index (χ0v) is 11.0. The molecule has 1 nitrogen and oxygen atoms in total. The molecule has 0 bridgehead atoms. The van der Waals surface area contributed by atoms with E-state index in [1.807, 2.05) is 0 Å². The van der Waals surface area contributed by atoms with E-state index in [-0.39, 0.29) is 0 Å². The molecular weight excluding hydrogens is 242 g/mol. The van der Waals surface area contributed by atoms with Crippen LogP contribution in [0.2, 0.25) is 0 Å². The van der Waals surface area contributed by atoms with Gasteiger partial charge < -0.3 is 4.57 Å². The van der Waals surface area contributed by atoms with Gasteiger partial charge in [-0.15, -0.1) is 0 Å². The molecular formula is C19H13N. The van der Waals surface area contributed by atoms with Gasteiger partial charge in [0.05, 0.1) is 0 Å². The van der Waals surface area contributed by atoms with E-state index in [9.17, 15) is 0 Å². The molecule has 4 aromatic rings. The molecule has 5 rings (SSSR count). The Morgan fingerprint density at radius 2 is 1.40 bits per heavy atom. The minimum Gasteiger partial charge on any atom is -0.336 e. The van der Waals surface area contributed by atoms with E-state index >= 15 is 0 Å². The van der Waals surface area contributed by atoms with Gasteiger partial charge in [0.15, 0.2) is 0 Å². The lowest BCUT2D eigenvalue weighted by atomic mass is 10.0. The van der Waals surface area contributed by atoms with Crippen molar-refractivity contribution in [2.75, 3.05) is 0 Å². The van der Waals surface area contributed by atoms with Crippen LogP contribution in [-0.2, 0) is 6.54 Å². The van der Waals surface area contributed by atoms with Crippen LogP contribution < -0.4 is 0 Å². The number of nitrogens with zero attached hydrogens (tertiary/aromatic N) is 1. The summed E-state index contributed by atoms with van der Waals surface area (Å²) in [6.07, 6.45) is 0. The molecule has 1 aliphatic rings. The lowest BCUT2D eigenvalue weighted by molar-refractivity contribution is 0.887. The summed E-state index contributed by atoms with van der Waals surface area (Å²) in [6, 6.07) is 24.2. The van der Waals surface area contributed by atoms with Crippen molar-refractivity contribution in [2.24, 2.45) is 0 Å². The highest BCUT2D eigenvalue weighted by Gasteiger charge is 2.20. The molecule has 0 fully saturated rings. The van der Waals surface area contributed by atoms with Gasteiger partial charge in [-0.25, -0.2) is 0 Å². The number of hydrogen-bond donors (Lipinski definition) is 0. The molecule has 0 unspecified atom stereocenters. The summed E-state index contributed by atoms with van der Waals surface area (Å²) >= 11 is 0. The van der Waals surface area contributed by atoms with Crippen molar-refractivity contribution < 1.29 is 0 Å². The first-order chi connectivity index (χ1) is 9.90. The minimum absolute atomic E-state index is 0.989. The number of hydrogen-bond acceptors (Lipinski definition) is 0. The average Bonchev–Trinajstić information content (AvgIpc) is 3.01. The van der Waals surface area contributed by atoms with Crippen LogP contribution >= 0.6 is 0 Å².